The van der Waals surface area contributed by atoms with Gasteiger partial charge in [0.05, 0.1) is 5.56 Å². The number of allylic oxidation sites excluding steroid dienone is 1. The maximum atomic E-state index is 11.3. The summed E-state index contributed by atoms with van der Waals surface area (Å²) in [6.45, 7) is 0. The molecule has 3 nitrogen and oxygen atoms in total. The molecule has 2 aromatic rings. The number of rotatable bonds is 2. The third-order valence-electron chi connectivity index (χ3n) is 3.31. The van der Waals surface area contributed by atoms with E-state index in [-0.39, 0.29) is 0 Å². The van der Waals surface area contributed by atoms with Crippen LogP contribution >= 0.6 is 0 Å². The number of carboxylic acids is 1. The van der Waals surface area contributed by atoms with Gasteiger partial charge in [0, 0.05) is 16.6 Å². The van der Waals surface area contributed by atoms with E-state index >= 15 is 0 Å². The molecule has 0 heterocycles. The van der Waals surface area contributed by atoms with Crippen LogP contribution in [0.4, 0.5) is 0 Å². The molecule has 1 saturated carbocycles. The molecule has 1 aliphatic carbocycles. The lowest BCUT2D eigenvalue weighted by molar-refractivity contribution is 0.0699. The van der Waals surface area contributed by atoms with E-state index in [9.17, 15) is 9.90 Å². The van der Waals surface area contributed by atoms with Crippen LogP contribution in [0.3, 0.4) is 0 Å². The van der Waals surface area contributed by atoms with Crippen LogP contribution < -0.4 is 5.73 Å². The van der Waals surface area contributed by atoms with Crippen LogP contribution in [0, 0.1) is 0 Å². The monoisotopic (exact) mass is 239 g/mol. The number of carbonyl (C=O) groups is 1. The van der Waals surface area contributed by atoms with Crippen molar-refractivity contribution in [3.63, 3.8) is 0 Å². The van der Waals surface area contributed by atoms with Gasteiger partial charge in [-0.15, -0.1) is 0 Å². The van der Waals surface area contributed by atoms with Crippen molar-refractivity contribution in [2.24, 2.45) is 5.73 Å². The van der Waals surface area contributed by atoms with Crippen molar-refractivity contribution >= 4 is 22.4 Å². The summed E-state index contributed by atoms with van der Waals surface area (Å²) in [5.74, 6) is -0.915. The van der Waals surface area contributed by atoms with Crippen LogP contribution in [0.2, 0.25) is 0 Å². The Kier molecular flexibility index (Phi) is 2.33. The second-order valence-corrected chi connectivity index (χ2v) is 4.53. The zero-order chi connectivity index (χ0) is 12.7. The molecule has 0 spiro atoms. The molecule has 0 amide bonds. The molecule has 0 bridgehead atoms. The van der Waals surface area contributed by atoms with Crippen LogP contribution in [0.5, 0.6) is 0 Å². The van der Waals surface area contributed by atoms with Gasteiger partial charge in [-0.2, -0.15) is 0 Å². The Hall–Kier alpha value is -2.29. The summed E-state index contributed by atoms with van der Waals surface area (Å²) in [6.07, 6.45) is 2.05. The molecule has 0 unspecified atom stereocenters. The molecule has 3 N–H and O–H groups in total. The second-order valence-electron chi connectivity index (χ2n) is 4.53. The quantitative estimate of drug-likeness (QED) is 0.846. The first-order chi connectivity index (χ1) is 8.68. The topological polar surface area (TPSA) is 63.3 Å². The summed E-state index contributed by atoms with van der Waals surface area (Å²) in [5, 5.41) is 10.9. The third-order valence-corrected chi connectivity index (χ3v) is 3.31. The van der Waals surface area contributed by atoms with Gasteiger partial charge >= 0.3 is 5.97 Å². The first-order valence-electron chi connectivity index (χ1n) is 5.91. The minimum atomic E-state index is -0.915. The van der Waals surface area contributed by atoms with Gasteiger partial charge in [-0.05, 0) is 29.9 Å². The Morgan fingerprint density at radius 2 is 1.67 bits per heavy atom. The van der Waals surface area contributed by atoms with Crippen molar-refractivity contribution in [1.82, 2.24) is 0 Å². The van der Waals surface area contributed by atoms with Gasteiger partial charge < -0.3 is 10.8 Å². The predicted octanol–water partition coefficient (Wildman–Crippen LogP) is 3.00. The summed E-state index contributed by atoms with van der Waals surface area (Å²) >= 11 is 0. The van der Waals surface area contributed by atoms with Crippen molar-refractivity contribution in [2.45, 2.75) is 12.8 Å². The summed E-state index contributed by atoms with van der Waals surface area (Å²) in [7, 11) is 0. The van der Waals surface area contributed by atoms with Gasteiger partial charge in [0.15, 0.2) is 0 Å². The number of fused-ring (bicyclic) bond motifs is 1. The molecule has 1 fully saturated rings. The van der Waals surface area contributed by atoms with Crippen molar-refractivity contribution < 1.29 is 9.90 Å². The van der Waals surface area contributed by atoms with E-state index in [1.165, 1.54) is 5.57 Å². The van der Waals surface area contributed by atoms with Gasteiger partial charge in [0.25, 0.3) is 0 Å². The average molecular weight is 239 g/mol. The maximum Gasteiger partial charge on any atom is 0.336 e. The fourth-order valence-corrected chi connectivity index (χ4v) is 2.27. The lowest BCUT2D eigenvalue weighted by Crippen LogP contribution is -2.03. The Morgan fingerprint density at radius 3 is 2.22 bits per heavy atom. The smallest absolute Gasteiger partial charge is 0.336 e. The SMILES string of the molecule is NC(=C1CC1)c1cccc2cccc(C(=O)O)c12. The van der Waals surface area contributed by atoms with E-state index in [1.807, 2.05) is 24.3 Å². The molecule has 0 aromatic heterocycles. The molecule has 0 aliphatic heterocycles. The lowest BCUT2D eigenvalue weighted by Gasteiger charge is -2.09. The van der Waals surface area contributed by atoms with Crippen molar-refractivity contribution in [3.8, 4) is 0 Å². The van der Waals surface area contributed by atoms with Gasteiger partial charge in [0.1, 0.15) is 0 Å². The summed E-state index contributed by atoms with van der Waals surface area (Å²) in [6, 6.07) is 11.0. The highest BCUT2D eigenvalue weighted by Gasteiger charge is 2.20. The predicted molar refractivity (Wildman–Crippen MR) is 71.2 cm³/mol. The number of hydrogen-bond donors (Lipinski definition) is 2. The number of hydrogen-bond acceptors (Lipinski definition) is 2. The zero-order valence-corrected chi connectivity index (χ0v) is 9.81. The summed E-state index contributed by atoms with van der Waals surface area (Å²) < 4.78 is 0. The standard InChI is InChI=1S/C15H13NO2/c16-14(10-7-8-10)11-5-1-3-9-4-2-6-12(13(9)11)15(17)18/h1-6H,7-8,16H2,(H,17,18). The zero-order valence-electron chi connectivity index (χ0n) is 9.81. The van der Waals surface area contributed by atoms with E-state index in [1.54, 1.807) is 12.1 Å². The molecule has 3 rings (SSSR count). The molecular formula is C15H13NO2. The van der Waals surface area contributed by atoms with Crippen LogP contribution in [0.15, 0.2) is 42.0 Å². The molecule has 1 aliphatic rings. The second kappa shape index (κ2) is 3.88. The van der Waals surface area contributed by atoms with Crippen molar-refractivity contribution in [1.29, 1.82) is 0 Å². The van der Waals surface area contributed by atoms with Crippen molar-refractivity contribution in [2.75, 3.05) is 0 Å². The fourth-order valence-electron chi connectivity index (χ4n) is 2.27. The number of nitrogens with two attached hydrogens (primary N) is 1. The van der Waals surface area contributed by atoms with Crippen LogP contribution in [-0.4, -0.2) is 11.1 Å². The Bertz CT molecular complexity index is 675. The van der Waals surface area contributed by atoms with Crippen LogP contribution in [-0.2, 0) is 0 Å². The molecule has 3 heteroatoms. The highest BCUT2D eigenvalue weighted by Crippen LogP contribution is 2.36. The molecule has 0 radical (unpaired) electrons. The number of aromatic carboxylic acids is 1. The van der Waals surface area contributed by atoms with Crippen LogP contribution in [0.1, 0.15) is 28.8 Å². The summed E-state index contributed by atoms with van der Waals surface area (Å²) in [4.78, 5) is 11.3. The fraction of sp³-hybridized carbons (Fsp3) is 0.133. The molecular weight excluding hydrogens is 226 g/mol. The van der Waals surface area contributed by atoms with Gasteiger partial charge in [0.2, 0.25) is 0 Å². The first kappa shape index (κ1) is 10.8. The lowest BCUT2D eigenvalue weighted by atomic mass is 9.97. The molecule has 0 atom stereocenters. The van der Waals surface area contributed by atoms with Gasteiger partial charge in [-0.3, -0.25) is 0 Å². The molecule has 2 aromatic carbocycles. The van der Waals surface area contributed by atoms with E-state index in [4.69, 9.17) is 5.73 Å². The number of benzene rings is 2. The van der Waals surface area contributed by atoms with E-state index in [2.05, 4.69) is 0 Å². The highest BCUT2D eigenvalue weighted by atomic mass is 16.4. The Balaban J connectivity index is 2.38. The number of carboxylic acid groups (broad SMARTS) is 1. The van der Waals surface area contributed by atoms with E-state index in [0.717, 1.165) is 34.9 Å². The Labute approximate surface area is 105 Å². The van der Waals surface area contributed by atoms with Gasteiger partial charge in [-0.1, -0.05) is 30.3 Å². The minimum Gasteiger partial charge on any atom is -0.478 e. The highest BCUT2D eigenvalue weighted by molar-refractivity contribution is 6.08. The third kappa shape index (κ3) is 1.64. The van der Waals surface area contributed by atoms with E-state index in [0.29, 0.717) is 5.56 Å². The van der Waals surface area contributed by atoms with Gasteiger partial charge in [-0.25, -0.2) is 4.79 Å². The maximum absolute atomic E-state index is 11.3. The molecule has 90 valence electrons. The normalized spacial score (nSPS) is 13.7. The average Bonchev–Trinajstić information content (AvgIpc) is 3.20. The largest absolute Gasteiger partial charge is 0.478 e. The first-order valence-corrected chi connectivity index (χ1v) is 5.91. The van der Waals surface area contributed by atoms with Crippen LogP contribution in [0.25, 0.3) is 16.5 Å². The molecule has 18 heavy (non-hydrogen) atoms. The van der Waals surface area contributed by atoms with Crippen molar-refractivity contribution in [3.05, 3.63) is 53.1 Å². The van der Waals surface area contributed by atoms with E-state index < -0.39 is 5.97 Å². The molecule has 0 saturated heterocycles. The Morgan fingerprint density at radius 1 is 1.06 bits per heavy atom. The minimum absolute atomic E-state index is 0.312. The summed E-state index contributed by atoms with van der Waals surface area (Å²) in [5.41, 5.74) is 9.25.